The van der Waals surface area contributed by atoms with E-state index in [0.717, 1.165) is 55.5 Å². The van der Waals surface area contributed by atoms with Gasteiger partial charge in [0, 0.05) is 48.0 Å². The van der Waals surface area contributed by atoms with Crippen molar-refractivity contribution >= 4 is 49.1 Å². The Bertz CT molecular complexity index is 2070. The number of aliphatic hydroxyl groups is 1. The van der Waals surface area contributed by atoms with Crippen LogP contribution in [-0.4, -0.2) is 87.0 Å². The van der Waals surface area contributed by atoms with Crippen LogP contribution in [0.1, 0.15) is 61.3 Å². The van der Waals surface area contributed by atoms with E-state index in [-0.39, 0.29) is 55.0 Å². The molecule has 1 spiro atoms. The second-order valence-electron chi connectivity index (χ2n) is 17.7. The molecule has 4 amide bonds. The zero-order valence-corrected chi connectivity index (χ0v) is 35.3. The fraction of sp³-hybridized carbons (Fsp3) is 0.511. The lowest BCUT2D eigenvalue weighted by Crippen LogP contribution is -2.48. The van der Waals surface area contributed by atoms with E-state index >= 15 is 8.90 Å². The van der Waals surface area contributed by atoms with Gasteiger partial charge in [-0.3, -0.25) is 19.2 Å². The van der Waals surface area contributed by atoms with Gasteiger partial charge in [0.1, 0.15) is 0 Å². The molecular weight excluding hydrogens is 768 g/mol. The highest BCUT2D eigenvalue weighted by atomic mass is 28.4. The monoisotopic (exact) mass is 824 g/mol. The number of ether oxygens (including phenoxy) is 1. The Morgan fingerprint density at radius 1 is 0.915 bits per heavy atom. The third-order valence-corrected chi connectivity index (χ3v) is 15.8. The van der Waals surface area contributed by atoms with Crippen molar-refractivity contribution in [3.05, 3.63) is 89.0 Å². The Balaban J connectivity index is 1.10. The predicted molar refractivity (Wildman–Crippen MR) is 227 cm³/mol. The smallest absolute Gasteiger partial charge is 0.264 e. The molecule has 0 saturated carbocycles. The van der Waals surface area contributed by atoms with Crippen LogP contribution in [0.2, 0.25) is 18.6 Å². The van der Waals surface area contributed by atoms with Crippen molar-refractivity contribution in [2.75, 3.05) is 48.3 Å². The van der Waals surface area contributed by atoms with E-state index in [1.807, 2.05) is 61.5 Å². The highest BCUT2D eigenvalue weighted by Gasteiger charge is 2.67. The van der Waals surface area contributed by atoms with E-state index in [1.54, 1.807) is 35.0 Å². The summed E-state index contributed by atoms with van der Waals surface area (Å²) in [6.07, 6.45) is 2.92. The molecule has 2 unspecified atom stereocenters. The zero-order chi connectivity index (χ0) is 41.5. The fourth-order valence-electron chi connectivity index (χ4n) is 10.3. The molecular formula is C45H57FN6O6Si. The summed E-state index contributed by atoms with van der Waals surface area (Å²) in [6.45, 7) is 8.40. The van der Waals surface area contributed by atoms with Crippen LogP contribution >= 0.6 is 0 Å². The maximum absolute atomic E-state index is 16.8. The van der Waals surface area contributed by atoms with Gasteiger partial charge in [-0.15, -0.1) is 0 Å². The minimum Gasteiger partial charge on any atom is -0.394 e. The SMILES string of the molecule is C[C@H]1[C@H]([Si](C)(C)F)[C@@H](CC(=O)N2Cc3ccccc3C[C@H]2CO)O[C@]12C(=O)N(Cc1ccc(NC(=O)C3CCCNC3)cc1)c1ccc(NC(=O)C3CCCNC3)cc12. The molecule has 5 aliphatic rings. The molecule has 14 heteroatoms. The number of halogens is 1. The number of hydrogen-bond donors (Lipinski definition) is 5. The molecule has 3 aromatic rings. The average Bonchev–Trinajstić information content (AvgIpc) is 3.66. The maximum Gasteiger partial charge on any atom is 0.264 e. The molecule has 0 aromatic heterocycles. The van der Waals surface area contributed by atoms with Gasteiger partial charge in [-0.25, -0.2) is 0 Å². The summed E-state index contributed by atoms with van der Waals surface area (Å²) in [6, 6.07) is 20.3. The molecule has 0 bridgehead atoms. The van der Waals surface area contributed by atoms with E-state index < -0.39 is 37.6 Å². The van der Waals surface area contributed by atoms with E-state index in [1.165, 1.54) is 0 Å². The number of amides is 4. The number of fused-ring (bicyclic) bond motifs is 3. The van der Waals surface area contributed by atoms with Crippen molar-refractivity contribution in [3.8, 4) is 0 Å². The van der Waals surface area contributed by atoms with Gasteiger partial charge in [-0.1, -0.05) is 43.3 Å². The van der Waals surface area contributed by atoms with Crippen LogP contribution in [0.3, 0.4) is 0 Å². The summed E-state index contributed by atoms with van der Waals surface area (Å²) in [7, 11) is -3.62. The van der Waals surface area contributed by atoms with Crippen molar-refractivity contribution < 1.29 is 33.1 Å². The molecule has 3 fully saturated rings. The van der Waals surface area contributed by atoms with Crippen molar-refractivity contribution in [2.45, 2.75) is 94.9 Å². The van der Waals surface area contributed by atoms with Crippen molar-refractivity contribution in [3.63, 3.8) is 0 Å². The summed E-state index contributed by atoms with van der Waals surface area (Å²) < 4.78 is 23.8. The first-order valence-corrected chi connectivity index (χ1v) is 24.2. The number of aliphatic hydroxyl groups excluding tert-OH is 1. The van der Waals surface area contributed by atoms with Gasteiger partial charge in [0.25, 0.3) is 5.91 Å². The summed E-state index contributed by atoms with van der Waals surface area (Å²) in [5.41, 5.74) is 2.88. The topological polar surface area (TPSA) is 152 Å². The van der Waals surface area contributed by atoms with Gasteiger partial charge < -0.3 is 45.0 Å². The number of carbonyl (C=O) groups is 4. The molecule has 3 aromatic carbocycles. The van der Waals surface area contributed by atoms with Crippen LogP contribution in [0.4, 0.5) is 21.2 Å². The first-order chi connectivity index (χ1) is 28.4. The second kappa shape index (κ2) is 16.9. The summed E-state index contributed by atoms with van der Waals surface area (Å²) in [4.78, 5) is 59.2. The Morgan fingerprint density at radius 3 is 2.15 bits per heavy atom. The van der Waals surface area contributed by atoms with Gasteiger partial charge in [0.2, 0.25) is 26.1 Å². The lowest BCUT2D eigenvalue weighted by Gasteiger charge is -2.37. The van der Waals surface area contributed by atoms with Crippen molar-refractivity contribution in [1.82, 2.24) is 15.5 Å². The van der Waals surface area contributed by atoms with Crippen LogP contribution in [0, 0.1) is 17.8 Å². The molecule has 8 rings (SSSR count). The number of nitrogens with zero attached hydrogens (tertiary/aromatic N) is 2. The largest absolute Gasteiger partial charge is 0.394 e. The van der Waals surface area contributed by atoms with Crippen LogP contribution in [0.15, 0.2) is 66.7 Å². The van der Waals surface area contributed by atoms with Crippen LogP contribution in [0.25, 0.3) is 0 Å². The van der Waals surface area contributed by atoms with E-state index in [2.05, 4.69) is 21.3 Å². The molecule has 12 nitrogen and oxygen atoms in total. The summed E-state index contributed by atoms with van der Waals surface area (Å²) >= 11 is 0. The second-order valence-corrected chi connectivity index (χ2v) is 21.5. The van der Waals surface area contributed by atoms with Gasteiger partial charge in [0.05, 0.1) is 49.2 Å². The van der Waals surface area contributed by atoms with Crippen LogP contribution in [0.5, 0.6) is 0 Å². The lowest BCUT2D eigenvalue weighted by molar-refractivity contribution is -0.151. The Kier molecular flexibility index (Phi) is 11.8. The van der Waals surface area contributed by atoms with Gasteiger partial charge in [0.15, 0.2) is 5.60 Å². The molecule has 0 radical (unpaired) electrons. The van der Waals surface area contributed by atoms with E-state index in [0.29, 0.717) is 48.7 Å². The molecule has 5 heterocycles. The predicted octanol–water partition coefficient (Wildman–Crippen LogP) is 5.22. The third-order valence-electron chi connectivity index (χ3n) is 13.4. The van der Waals surface area contributed by atoms with E-state index in [9.17, 15) is 19.5 Å². The molecule has 0 aliphatic carbocycles. The Labute approximate surface area is 346 Å². The third kappa shape index (κ3) is 8.09. The number of rotatable bonds is 10. The molecule has 314 valence electrons. The first-order valence-electron chi connectivity index (χ1n) is 21.3. The van der Waals surface area contributed by atoms with Gasteiger partial charge in [-0.2, -0.15) is 0 Å². The Morgan fingerprint density at radius 2 is 1.54 bits per heavy atom. The minimum atomic E-state index is -3.62. The van der Waals surface area contributed by atoms with Crippen LogP contribution in [-0.2, 0) is 49.0 Å². The van der Waals surface area contributed by atoms with Crippen molar-refractivity contribution in [1.29, 1.82) is 0 Å². The number of anilines is 3. The number of piperidine rings is 2. The summed E-state index contributed by atoms with van der Waals surface area (Å²) in [5.74, 6) is -1.68. The minimum absolute atomic E-state index is 0.0236. The van der Waals surface area contributed by atoms with Gasteiger partial charge >= 0.3 is 0 Å². The quantitative estimate of drug-likeness (QED) is 0.138. The number of hydrogen-bond acceptors (Lipinski definition) is 8. The van der Waals surface area contributed by atoms with Crippen LogP contribution < -0.4 is 26.2 Å². The maximum atomic E-state index is 16.8. The van der Waals surface area contributed by atoms with E-state index in [4.69, 9.17) is 4.74 Å². The first kappa shape index (κ1) is 41.3. The van der Waals surface area contributed by atoms with Gasteiger partial charge in [-0.05, 0) is 105 Å². The Hall–Kier alpha value is -4.47. The number of nitrogens with one attached hydrogen (secondary N) is 4. The van der Waals surface area contributed by atoms with Crippen molar-refractivity contribution in [2.24, 2.45) is 17.8 Å². The number of benzene rings is 3. The molecule has 59 heavy (non-hydrogen) atoms. The highest BCUT2D eigenvalue weighted by molar-refractivity contribution is 6.72. The molecule has 5 aliphatic heterocycles. The molecule has 3 saturated heterocycles. The average molecular weight is 825 g/mol. The number of carbonyl (C=O) groups excluding carboxylic acids is 4. The standard InChI is InChI=1S/C45H57FN6O6Si/c1-28-41(59(2,3)46)39(22-40(54)51-26-33-9-5-4-8-30(33)20-36(51)27-53)58-45(28)37-21-35(50-43(56)32-11-7-19-48-24-32)16-17-38(37)52(44(45)57)25-29-12-14-34(15-13-29)49-42(55)31-10-6-18-47-23-31/h4-5,8-9,12-17,21,28,31-32,36,39,41,47-48,53H,6-7,10-11,18-20,22-27H2,1-3H3,(H,49,55)(H,50,56)/t28-,31?,32?,36-,39+,41-,45+/m0/s1. The fourth-order valence-corrected chi connectivity index (χ4v) is 12.8. The summed E-state index contributed by atoms with van der Waals surface area (Å²) in [5, 5.41) is 23.1. The molecule has 7 atom stereocenters. The normalized spacial score (nSPS) is 28.0. The molecule has 5 N–H and O–H groups in total. The lowest BCUT2D eigenvalue weighted by atomic mass is 9.82. The highest BCUT2D eigenvalue weighted by Crippen LogP contribution is 2.60. The zero-order valence-electron chi connectivity index (χ0n) is 34.3.